The molecule has 25 heavy (non-hydrogen) atoms. The lowest BCUT2D eigenvalue weighted by Crippen LogP contribution is -2.54. The molecule has 2 aliphatic rings. The summed E-state index contributed by atoms with van der Waals surface area (Å²) >= 11 is 0. The number of hydrogen-bond acceptors (Lipinski definition) is 6. The summed E-state index contributed by atoms with van der Waals surface area (Å²) in [5.41, 5.74) is 1.21. The zero-order chi connectivity index (χ0) is 17.3. The Morgan fingerprint density at radius 2 is 2.16 bits per heavy atom. The van der Waals surface area contributed by atoms with Gasteiger partial charge in [0.15, 0.2) is 0 Å². The zero-order valence-electron chi connectivity index (χ0n) is 13.6. The van der Waals surface area contributed by atoms with Crippen LogP contribution in [0, 0.1) is 0 Å². The minimum absolute atomic E-state index is 0.0219. The van der Waals surface area contributed by atoms with Crippen LogP contribution in [0.2, 0.25) is 0 Å². The molecule has 2 aliphatic heterocycles. The predicted molar refractivity (Wildman–Crippen MR) is 85.6 cm³/mol. The fourth-order valence-corrected chi connectivity index (χ4v) is 3.24. The minimum atomic E-state index is -0.441. The fourth-order valence-electron chi connectivity index (χ4n) is 3.24. The molecule has 2 aromatic rings. The van der Waals surface area contributed by atoms with E-state index in [-0.39, 0.29) is 18.4 Å². The highest BCUT2D eigenvalue weighted by Crippen LogP contribution is 2.28. The standard InChI is InChI=1S/C16H18N6O3/c23-14-8-25-16(9-17-14)5-6-21(10-16)15(24)13-3-1-12(2-4-13)7-22-11-18-19-20-22/h1-4,11H,5-10H2,(H,17,23). The van der Waals surface area contributed by atoms with E-state index in [2.05, 4.69) is 20.8 Å². The number of ether oxygens (including phenoxy) is 1. The maximum Gasteiger partial charge on any atom is 0.253 e. The van der Waals surface area contributed by atoms with Crippen LogP contribution in [0.25, 0.3) is 0 Å². The van der Waals surface area contributed by atoms with Crippen molar-refractivity contribution in [3.05, 3.63) is 41.7 Å². The number of aromatic nitrogens is 4. The second-order valence-electron chi connectivity index (χ2n) is 6.43. The van der Waals surface area contributed by atoms with E-state index in [4.69, 9.17) is 4.74 Å². The third-order valence-corrected chi connectivity index (χ3v) is 4.66. The van der Waals surface area contributed by atoms with Gasteiger partial charge >= 0.3 is 0 Å². The highest BCUT2D eigenvalue weighted by atomic mass is 16.5. The van der Waals surface area contributed by atoms with E-state index in [1.54, 1.807) is 15.9 Å². The molecule has 0 aliphatic carbocycles. The average Bonchev–Trinajstić information content (AvgIpc) is 3.28. The van der Waals surface area contributed by atoms with Gasteiger partial charge < -0.3 is 15.0 Å². The summed E-state index contributed by atoms with van der Waals surface area (Å²) in [6.45, 7) is 2.20. The highest BCUT2D eigenvalue weighted by Gasteiger charge is 2.43. The summed E-state index contributed by atoms with van der Waals surface area (Å²) < 4.78 is 7.33. The third-order valence-electron chi connectivity index (χ3n) is 4.66. The van der Waals surface area contributed by atoms with Crippen LogP contribution in [0.4, 0.5) is 0 Å². The summed E-state index contributed by atoms with van der Waals surface area (Å²) in [7, 11) is 0. The molecule has 3 heterocycles. The van der Waals surface area contributed by atoms with Crippen molar-refractivity contribution < 1.29 is 14.3 Å². The molecule has 2 fully saturated rings. The third kappa shape index (κ3) is 3.22. The topological polar surface area (TPSA) is 102 Å². The van der Waals surface area contributed by atoms with Gasteiger partial charge in [0, 0.05) is 18.7 Å². The SMILES string of the molecule is O=C1COC2(CCN(C(=O)c3ccc(Cn4cnnn4)cc3)C2)CN1. The molecule has 9 nitrogen and oxygen atoms in total. The molecule has 1 spiro atoms. The van der Waals surface area contributed by atoms with Gasteiger partial charge in [0.1, 0.15) is 18.5 Å². The first kappa shape index (κ1) is 15.7. The van der Waals surface area contributed by atoms with Gasteiger partial charge in [0.25, 0.3) is 5.91 Å². The summed E-state index contributed by atoms with van der Waals surface area (Å²) in [6, 6.07) is 7.43. The number of amides is 2. The second kappa shape index (κ2) is 6.25. The first-order valence-electron chi connectivity index (χ1n) is 8.13. The van der Waals surface area contributed by atoms with Crippen molar-refractivity contribution in [3.63, 3.8) is 0 Å². The number of carbonyl (C=O) groups excluding carboxylic acids is 2. The van der Waals surface area contributed by atoms with E-state index in [0.717, 1.165) is 12.0 Å². The Bertz CT molecular complexity index is 764. The number of tetrazole rings is 1. The van der Waals surface area contributed by atoms with Crippen molar-refractivity contribution in [3.8, 4) is 0 Å². The number of nitrogens with zero attached hydrogens (tertiary/aromatic N) is 5. The van der Waals surface area contributed by atoms with Crippen LogP contribution < -0.4 is 5.32 Å². The zero-order valence-corrected chi connectivity index (χ0v) is 13.6. The number of carbonyl (C=O) groups is 2. The number of likely N-dealkylation sites (tertiary alicyclic amines) is 1. The molecule has 2 saturated heterocycles. The molecule has 0 saturated carbocycles. The number of benzene rings is 1. The van der Waals surface area contributed by atoms with Crippen LogP contribution in [-0.4, -0.2) is 68.8 Å². The molecule has 0 radical (unpaired) electrons. The Kier molecular flexibility index (Phi) is 3.92. The number of hydrogen-bond donors (Lipinski definition) is 1. The molecule has 1 aromatic carbocycles. The van der Waals surface area contributed by atoms with Crippen molar-refractivity contribution in [2.45, 2.75) is 18.6 Å². The minimum Gasteiger partial charge on any atom is -0.361 e. The van der Waals surface area contributed by atoms with Crippen molar-refractivity contribution in [2.24, 2.45) is 0 Å². The maximum absolute atomic E-state index is 12.7. The van der Waals surface area contributed by atoms with E-state index in [1.807, 2.05) is 24.3 Å². The van der Waals surface area contributed by atoms with Gasteiger partial charge in [-0.1, -0.05) is 12.1 Å². The van der Waals surface area contributed by atoms with Gasteiger partial charge in [-0.2, -0.15) is 0 Å². The van der Waals surface area contributed by atoms with Gasteiger partial charge in [0.05, 0.1) is 13.1 Å². The van der Waals surface area contributed by atoms with Crippen LogP contribution in [0.15, 0.2) is 30.6 Å². The summed E-state index contributed by atoms with van der Waals surface area (Å²) in [4.78, 5) is 25.8. The van der Waals surface area contributed by atoms with Crippen LogP contribution in [-0.2, 0) is 16.1 Å². The van der Waals surface area contributed by atoms with Crippen LogP contribution >= 0.6 is 0 Å². The largest absolute Gasteiger partial charge is 0.361 e. The fraction of sp³-hybridized carbons (Fsp3) is 0.438. The van der Waals surface area contributed by atoms with Gasteiger partial charge in [-0.05, 0) is 34.5 Å². The summed E-state index contributed by atoms with van der Waals surface area (Å²) in [5, 5.41) is 13.8. The van der Waals surface area contributed by atoms with E-state index in [0.29, 0.717) is 31.7 Å². The highest BCUT2D eigenvalue weighted by molar-refractivity contribution is 5.94. The Labute approximate surface area is 143 Å². The molecule has 0 bridgehead atoms. The van der Waals surface area contributed by atoms with Crippen molar-refractivity contribution in [2.75, 3.05) is 26.2 Å². The van der Waals surface area contributed by atoms with Crippen molar-refractivity contribution in [1.82, 2.24) is 30.4 Å². The van der Waals surface area contributed by atoms with Gasteiger partial charge in [0.2, 0.25) is 5.91 Å². The Balaban J connectivity index is 1.40. The van der Waals surface area contributed by atoms with E-state index < -0.39 is 5.60 Å². The maximum atomic E-state index is 12.7. The quantitative estimate of drug-likeness (QED) is 0.803. The molecule has 1 N–H and O–H groups in total. The van der Waals surface area contributed by atoms with Crippen LogP contribution in [0.1, 0.15) is 22.3 Å². The van der Waals surface area contributed by atoms with E-state index in [1.165, 1.54) is 0 Å². The van der Waals surface area contributed by atoms with Crippen molar-refractivity contribution >= 4 is 11.8 Å². The predicted octanol–water partition coefficient (Wildman–Crippen LogP) is -0.547. The van der Waals surface area contributed by atoms with Crippen LogP contribution in [0.5, 0.6) is 0 Å². The lowest BCUT2D eigenvalue weighted by Gasteiger charge is -2.33. The average molecular weight is 342 g/mol. The summed E-state index contributed by atoms with van der Waals surface area (Å²) in [6.07, 6.45) is 2.28. The van der Waals surface area contributed by atoms with Crippen molar-refractivity contribution in [1.29, 1.82) is 0 Å². The smallest absolute Gasteiger partial charge is 0.253 e. The molecule has 9 heteroatoms. The normalized spacial score (nSPS) is 23.0. The van der Waals surface area contributed by atoms with Crippen LogP contribution in [0.3, 0.4) is 0 Å². The van der Waals surface area contributed by atoms with E-state index in [9.17, 15) is 9.59 Å². The Morgan fingerprint density at radius 3 is 2.84 bits per heavy atom. The molecule has 2 amide bonds. The van der Waals surface area contributed by atoms with Gasteiger partial charge in [-0.3, -0.25) is 9.59 Å². The second-order valence-corrected chi connectivity index (χ2v) is 6.43. The Morgan fingerprint density at radius 1 is 1.32 bits per heavy atom. The lowest BCUT2D eigenvalue weighted by molar-refractivity contribution is -0.141. The molecule has 1 unspecified atom stereocenters. The lowest BCUT2D eigenvalue weighted by atomic mass is 10.0. The summed E-state index contributed by atoms with van der Waals surface area (Å²) in [5.74, 6) is -0.125. The first-order valence-corrected chi connectivity index (χ1v) is 8.13. The number of morpholine rings is 1. The number of nitrogens with one attached hydrogen (secondary N) is 1. The van der Waals surface area contributed by atoms with E-state index >= 15 is 0 Å². The van der Waals surface area contributed by atoms with Gasteiger partial charge in [-0.25, -0.2) is 4.68 Å². The first-order chi connectivity index (χ1) is 12.1. The molecule has 130 valence electrons. The molecule has 1 atom stereocenters. The molecular weight excluding hydrogens is 324 g/mol. The Hall–Kier alpha value is -2.81. The molecular formula is C16H18N6O3. The number of rotatable bonds is 3. The molecule has 1 aromatic heterocycles. The van der Waals surface area contributed by atoms with Gasteiger partial charge in [-0.15, -0.1) is 5.10 Å². The molecule has 4 rings (SSSR count). The monoisotopic (exact) mass is 342 g/mol.